The Morgan fingerprint density at radius 2 is 2.26 bits per heavy atom. The first-order chi connectivity index (χ1) is 9.13. The van der Waals surface area contributed by atoms with Gasteiger partial charge in [-0.2, -0.15) is 0 Å². The Morgan fingerprint density at radius 1 is 1.53 bits per heavy atom. The molecule has 1 aliphatic rings. The summed E-state index contributed by atoms with van der Waals surface area (Å²) < 4.78 is 0. The smallest absolute Gasteiger partial charge is 0.228 e. The Balaban J connectivity index is 2.11. The Kier molecular flexibility index (Phi) is 4.25. The number of anilines is 1. The highest BCUT2D eigenvalue weighted by molar-refractivity contribution is 5.81. The number of nitrogens with one attached hydrogen (secondary N) is 1. The number of amides is 1. The molecule has 1 aromatic rings. The number of benzene rings is 1. The fourth-order valence-electron chi connectivity index (χ4n) is 2.55. The minimum absolute atomic E-state index is 0.0252. The van der Waals surface area contributed by atoms with E-state index in [0.29, 0.717) is 6.54 Å². The van der Waals surface area contributed by atoms with Crippen molar-refractivity contribution in [2.75, 3.05) is 18.4 Å². The summed E-state index contributed by atoms with van der Waals surface area (Å²) in [6.45, 7) is 9.17. The lowest BCUT2D eigenvalue weighted by Gasteiger charge is -2.32. The first-order valence-corrected chi connectivity index (χ1v) is 6.86. The van der Waals surface area contributed by atoms with Gasteiger partial charge >= 0.3 is 0 Å². The molecule has 1 amide bonds. The topological polar surface area (TPSA) is 32.3 Å². The monoisotopic (exact) mass is 258 g/mol. The molecule has 1 unspecified atom stereocenters. The second-order valence-corrected chi connectivity index (χ2v) is 5.31. The molecule has 0 bridgehead atoms. The predicted octanol–water partition coefficient (Wildman–Crippen LogP) is 2.69. The summed E-state index contributed by atoms with van der Waals surface area (Å²) in [6, 6.07) is 8.42. The van der Waals surface area contributed by atoms with E-state index in [2.05, 4.69) is 24.0 Å². The van der Waals surface area contributed by atoms with Gasteiger partial charge in [0, 0.05) is 24.8 Å². The molecule has 1 aliphatic heterocycles. The fourth-order valence-corrected chi connectivity index (χ4v) is 2.55. The summed E-state index contributed by atoms with van der Waals surface area (Å²) in [5.41, 5.74) is 2.39. The van der Waals surface area contributed by atoms with Gasteiger partial charge in [-0.3, -0.25) is 4.79 Å². The van der Waals surface area contributed by atoms with Crippen molar-refractivity contribution < 1.29 is 4.79 Å². The predicted molar refractivity (Wildman–Crippen MR) is 79.2 cm³/mol. The second-order valence-electron chi connectivity index (χ2n) is 5.31. The van der Waals surface area contributed by atoms with Crippen LogP contribution in [0.2, 0.25) is 0 Å². The Hall–Kier alpha value is -1.77. The van der Waals surface area contributed by atoms with E-state index in [-0.39, 0.29) is 17.9 Å². The first kappa shape index (κ1) is 13.7. The van der Waals surface area contributed by atoms with Gasteiger partial charge in [-0.05, 0) is 31.9 Å². The van der Waals surface area contributed by atoms with E-state index >= 15 is 0 Å². The lowest BCUT2D eigenvalue weighted by atomic mass is 9.92. The summed E-state index contributed by atoms with van der Waals surface area (Å²) in [5, 5.41) is 3.36. The molecule has 0 spiro atoms. The molecule has 0 saturated heterocycles. The van der Waals surface area contributed by atoms with Crippen LogP contribution in [0.25, 0.3) is 0 Å². The Morgan fingerprint density at radius 3 is 2.95 bits per heavy atom. The summed E-state index contributed by atoms with van der Waals surface area (Å²) >= 11 is 0. The van der Waals surface area contributed by atoms with Crippen LogP contribution in [0.3, 0.4) is 0 Å². The maximum Gasteiger partial charge on any atom is 0.228 e. The van der Waals surface area contributed by atoms with Crippen molar-refractivity contribution in [1.82, 2.24) is 4.90 Å². The van der Waals surface area contributed by atoms with Crippen LogP contribution in [0.1, 0.15) is 19.4 Å². The van der Waals surface area contributed by atoms with E-state index in [1.54, 1.807) is 6.08 Å². The fraction of sp³-hybridized carbons (Fsp3) is 0.438. The average molecular weight is 258 g/mol. The molecule has 0 radical (unpaired) electrons. The molecule has 1 atom stereocenters. The van der Waals surface area contributed by atoms with E-state index in [9.17, 15) is 4.79 Å². The van der Waals surface area contributed by atoms with Gasteiger partial charge in [-0.1, -0.05) is 24.3 Å². The molecule has 1 aromatic carbocycles. The second kappa shape index (κ2) is 5.91. The molecule has 3 nitrogen and oxygen atoms in total. The average Bonchev–Trinajstić information content (AvgIpc) is 2.43. The molecule has 0 aliphatic carbocycles. The van der Waals surface area contributed by atoms with Gasteiger partial charge < -0.3 is 10.2 Å². The van der Waals surface area contributed by atoms with Crippen molar-refractivity contribution in [3.63, 3.8) is 0 Å². The molecule has 0 saturated carbocycles. The zero-order valence-electron chi connectivity index (χ0n) is 11.7. The number of carbonyl (C=O) groups excluding carboxylic acids is 1. The molecular weight excluding hydrogens is 236 g/mol. The third-order valence-electron chi connectivity index (χ3n) is 3.60. The number of para-hydroxylation sites is 1. The van der Waals surface area contributed by atoms with Crippen LogP contribution in [-0.2, 0) is 11.2 Å². The van der Waals surface area contributed by atoms with Crippen molar-refractivity contribution in [2.24, 2.45) is 5.92 Å². The van der Waals surface area contributed by atoms with Gasteiger partial charge in [0.1, 0.15) is 0 Å². The zero-order valence-corrected chi connectivity index (χ0v) is 11.7. The van der Waals surface area contributed by atoms with Crippen LogP contribution >= 0.6 is 0 Å². The lowest BCUT2D eigenvalue weighted by molar-refractivity contribution is -0.136. The molecule has 1 N–H and O–H groups in total. The van der Waals surface area contributed by atoms with Gasteiger partial charge in [0.25, 0.3) is 0 Å². The highest BCUT2D eigenvalue weighted by Crippen LogP contribution is 2.25. The molecule has 2 rings (SSSR count). The van der Waals surface area contributed by atoms with Crippen molar-refractivity contribution in [3.8, 4) is 0 Å². The van der Waals surface area contributed by atoms with Gasteiger partial charge in [-0.15, -0.1) is 6.58 Å². The molecule has 0 fully saturated rings. The van der Waals surface area contributed by atoms with Gasteiger partial charge in [0.15, 0.2) is 0 Å². The van der Waals surface area contributed by atoms with Crippen LogP contribution < -0.4 is 5.32 Å². The largest absolute Gasteiger partial charge is 0.384 e. The summed E-state index contributed by atoms with van der Waals surface area (Å²) in [6.07, 6.45) is 2.62. The highest BCUT2D eigenvalue weighted by Gasteiger charge is 2.28. The SMILES string of the molecule is C=CCN(C(=O)C1CNc2ccccc2C1)C(C)C. The van der Waals surface area contributed by atoms with E-state index in [0.717, 1.165) is 18.7 Å². The van der Waals surface area contributed by atoms with Crippen molar-refractivity contribution in [3.05, 3.63) is 42.5 Å². The lowest BCUT2D eigenvalue weighted by Crippen LogP contribution is -2.44. The standard InChI is InChI=1S/C16H22N2O/c1-4-9-18(12(2)3)16(19)14-10-13-7-5-6-8-15(13)17-11-14/h4-8,12,14,17H,1,9-11H2,2-3H3. The van der Waals surface area contributed by atoms with Gasteiger partial charge in [0.2, 0.25) is 5.91 Å². The number of rotatable bonds is 4. The van der Waals surface area contributed by atoms with E-state index in [1.807, 2.05) is 30.9 Å². The zero-order chi connectivity index (χ0) is 13.8. The van der Waals surface area contributed by atoms with Crippen LogP contribution in [0.4, 0.5) is 5.69 Å². The van der Waals surface area contributed by atoms with Crippen LogP contribution in [0.15, 0.2) is 36.9 Å². The van der Waals surface area contributed by atoms with Crippen molar-refractivity contribution >= 4 is 11.6 Å². The molecular formula is C16H22N2O. The Bertz CT molecular complexity index is 468. The van der Waals surface area contributed by atoms with Crippen molar-refractivity contribution in [1.29, 1.82) is 0 Å². The van der Waals surface area contributed by atoms with Crippen LogP contribution in [-0.4, -0.2) is 29.9 Å². The van der Waals surface area contributed by atoms with Gasteiger partial charge in [-0.25, -0.2) is 0 Å². The summed E-state index contributed by atoms with van der Waals surface area (Å²) in [5.74, 6) is 0.245. The third kappa shape index (κ3) is 2.98. The minimum atomic E-state index is 0.0252. The minimum Gasteiger partial charge on any atom is -0.384 e. The number of hydrogen-bond acceptors (Lipinski definition) is 2. The third-order valence-corrected chi connectivity index (χ3v) is 3.60. The molecule has 102 valence electrons. The molecule has 19 heavy (non-hydrogen) atoms. The van der Waals surface area contributed by atoms with Crippen molar-refractivity contribution in [2.45, 2.75) is 26.3 Å². The molecule has 0 aromatic heterocycles. The highest BCUT2D eigenvalue weighted by atomic mass is 16.2. The first-order valence-electron chi connectivity index (χ1n) is 6.86. The van der Waals surface area contributed by atoms with Crippen LogP contribution in [0.5, 0.6) is 0 Å². The van der Waals surface area contributed by atoms with Gasteiger partial charge in [0.05, 0.1) is 5.92 Å². The Labute approximate surface area is 115 Å². The summed E-state index contributed by atoms with van der Waals surface area (Å²) in [7, 11) is 0. The number of fused-ring (bicyclic) bond motifs is 1. The molecule has 1 heterocycles. The number of nitrogens with zero attached hydrogens (tertiary/aromatic N) is 1. The molecule has 3 heteroatoms. The maximum atomic E-state index is 12.6. The van der Waals surface area contributed by atoms with E-state index < -0.39 is 0 Å². The van der Waals surface area contributed by atoms with Crippen LogP contribution in [0, 0.1) is 5.92 Å². The van der Waals surface area contributed by atoms with E-state index in [4.69, 9.17) is 0 Å². The maximum absolute atomic E-state index is 12.6. The number of carbonyl (C=O) groups is 1. The summed E-state index contributed by atoms with van der Waals surface area (Å²) in [4.78, 5) is 14.5. The quantitative estimate of drug-likeness (QED) is 0.842. The van der Waals surface area contributed by atoms with E-state index in [1.165, 1.54) is 5.56 Å². The normalized spacial score (nSPS) is 17.5. The number of hydrogen-bond donors (Lipinski definition) is 1.